The van der Waals surface area contributed by atoms with Gasteiger partial charge in [0.2, 0.25) is 5.91 Å². The number of carbonyl (C=O) groups excluding carboxylic acids is 1. The Morgan fingerprint density at radius 1 is 1.03 bits per heavy atom. The summed E-state index contributed by atoms with van der Waals surface area (Å²) in [5.41, 5.74) is 0.669. The van der Waals surface area contributed by atoms with E-state index in [0.717, 1.165) is 31.1 Å². The molecule has 1 amide bonds. The Bertz CT molecular complexity index is 937. The number of benzene rings is 1. The lowest BCUT2D eigenvalue weighted by Gasteiger charge is -2.42. The molecule has 0 aliphatic carbocycles. The lowest BCUT2D eigenvalue weighted by atomic mass is 10.0. The Morgan fingerprint density at radius 3 is 2.43 bits per heavy atom. The highest BCUT2D eigenvalue weighted by Crippen LogP contribution is 2.30. The molecular weight excluding hydrogens is 417 g/mol. The van der Waals surface area contributed by atoms with Gasteiger partial charge in [-0.2, -0.15) is 0 Å². The van der Waals surface area contributed by atoms with Gasteiger partial charge in [0.15, 0.2) is 0 Å². The Balaban J connectivity index is 1.43. The smallest absolute Gasteiger partial charge is 0.225 e. The third-order valence-electron chi connectivity index (χ3n) is 5.51. The number of piperazine rings is 1. The summed E-state index contributed by atoms with van der Waals surface area (Å²) in [5.74, 6) is -0.119. The van der Waals surface area contributed by atoms with Crippen LogP contribution in [0.15, 0.2) is 59.3 Å². The number of hydrogen-bond acceptors (Lipinski definition) is 5. The van der Waals surface area contributed by atoms with Gasteiger partial charge in [-0.1, -0.05) is 24.3 Å². The molecule has 3 heterocycles. The molecule has 4 nitrogen and oxygen atoms in total. The van der Waals surface area contributed by atoms with E-state index in [9.17, 15) is 9.18 Å². The van der Waals surface area contributed by atoms with Crippen LogP contribution < -0.4 is 10.2 Å². The first-order valence-corrected chi connectivity index (χ1v) is 12.0. The second-order valence-corrected chi connectivity index (χ2v) is 9.56. The molecule has 1 saturated heterocycles. The van der Waals surface area contributed by atoms with Gasteiger partial charge in [0.25, 0.3) is 0 Å². The molecule has 1 aliphatic heterocycles. The molecular formula is C23H26FN3OS2. The minimum absolute atomic E-state index is 0.0175. The topological polar surface area (TPSA) is 35.6 Å². The second-order valence-electron chi connectivity index (χ2n) is 7.55. The largest absolute Gasteiger partial charge is 0.367 e. The maximum Gasteiger partial charge on any atom is 0.225 e. The highest BCUT2D eigenvalue weighted by molar-refractivity contribution is 7.10. The Labute approximate surface area is 185 Å². The van der Waals surface area contributed by atoms with E-state index >= 15 is 0 Å². The number of para-hydroxylation sites is 1. The van der Waals surface area contributed by atoms with Crippen LogP contribution in [0.2, 0.25) is 0 Å². The van der Waals surface area contributed by atoms with Crippen LogP contribution in [0.25, 0.3) is 0 Å². The first kappa shape index (κ1) is 21.0. The molecule has 7 heteroatoms. The van der Waals surface area contributed by atoms with Gasteiger partial charge in [0.1, 0.15) is 5.82 Å². The van der Waals surface area contributed by atoms with Crippen molar-refractivity contribution in [1.82, 2.24) is 10.2 Å². The SMILES string of the molecule is C[C@H](NC(=O)Cc1cccs1)[C@@H](c1cccs1)N1CCN(c2ccccc2F)CC1. The van der Waals surface area contributed by atoms with Crippen molar-refractivity contribution in [2.75, 3.05) is 31.1 Å². The van der Waals surface area contributed by atoms with Gasteiger partial charge in [0, 0.05) is 42.0 Å². The number of thiophene rings is 2. The van der Waals surface area contributed by atoms with E-state index in [-0.39, 0.29) is 23.8 Å². The molecule has 1 aliphatic rings. The summed E-state index contributed by atoms with van der Waals surface area (Å²) >= 11 is 3.33. The molecule has 2 aromatic heterocycles. The molecule has 0 radical (unpaired) electrons. The van der Waals surface area contributed by atoms with Crippen LogP contribution in [0.1, 0.15) is 22.7 Å². The van der Waals surface area contributed by atoms with Crippen molar-refractivity contribution < 1.29 is 9.18 Å². The van der Waals surface area contributed by atoms with E-state index in [2.05, 4.69) is 39.6 Å². The summed E-state index contributed by atoms with van der Waals surface area (Å²) in [6.07, 6.45) is 0.417. The van der Waals surface area contributed by atoms with Crippen molar-refractivity contribution in [3.05, 3.63) is 74.9 Å². The summed E-state index contributed by atoms with van der Waals surface area (Å²) in [6, 6.07) is 15.2. The van der Waals surface area contributed by atoms with Crippen molar-refractivity contribution in [2.45, 2.75) is 25.4 Å². The van der Waals surface area contributed by atoms with Gasteiger partial charge < -0.3 is 10.2 Å². The minimum Gasteiger partial charge on any atom is -0.367 e. The number of halogens is 1. The quantitative estimate of drug-likeness (QED) is 0.582. The fourth-order valence-corrected chi connectivity index (χ4v) is 5.77. The molecule has 3 aromatic rings. The zero-order valence-corrected chi connectivity index (χ0v) is 18.6. The van der Waals surface area contributed by atoms with Crippen molar-refractivity contribution in [3.63, 3.8) is 0 Å². The highest BCUT2D eigenvalue weighted by Gasteiger charge is 2.31. The number of rotatable bonds is 7. The zero-order chi connectivity index (χ0) is 20.9. The van der Waals surface area contributed by atoms with Crippen molar-refractivity contribution in [3.8, 4) is 0 Å². The average molecular weight is 444 g/mol. The van der Waals surface area contributed by atoms with E-state index in [1.807, 2.05) is 29.6 Å². The van der Waals surface area contributed by atoms with Crippen molar-refractivity contribution >= 4 is 34.3 Å². The predicted molar refractivity (Wildman–Crippen MR) is 123 cm³/mol. The van der Waals surface area contributed by atoms with Crippen LogP contribution in [0, 0.1) is 5.82 Å². The summed E-state index contributed by atoms with van der Waals surface area (Å²) in [7, 11) is 0. The Hall–Kier alpha value is -2.22. The monoisotopic (exact) mass is 443 g/mol. The summed E-state index contributed by atoms with van der Waals surface area (Å²) in [5, 5.41) is 7.29. The van der Waals surface area contributed by atoms with Crippen LogP contribution in [-0.2, 0) is 11.2 Å². The second kappa shape index (κ2) is 9.73. The first-order chi connectivity index (χ1) is 14.6. The van der Waals surface area contributed by atoms with Crippen LogP contribution in [-0.4, -0.2) is 43.0 Å². The number of carbonyl (C=O) groups is 1. The molecule has 4 rings (SSSR count). The lowest BCUT2D eigenvalue weighted by Crippen LogP contribution is -2.52. The summed E-state index contributed by atoms with van der Waals surface area (Å²) in [6.45, 7) is 5.25. The van der Waals surface area contributed by atoms with Crippen molar-refractivity contribution in [1.29, 1.82) is 0 Å². The van der Waals surface area contributed by atoms with Gasteiger partial charge in [-0.3, -0.25) is 9.69 Å². The predicted octanol–water partition coefficient (Wildman–Crippen LogP) is 4.56. The standard InChI is InChI=1S/C23H26FN3OS2/c1-17(25-22(28)16-18-6-4-14-29-18)23(21-9-5-15-30-21)27-12-10-26(11-13-27)20-8-3-2-7-19(20)24/h2-9,14-15,17,23H,10-13,16H2,1H3,(H,25,28)/t17-,23-/m0/s1. The highest BCUT2D eigenvalue weighted by atomic mass is 32.1. The van der Waals surface area contributed by atoms with Gasteiger partial charge >= 0.3 is 0 Å². The minimum atomic E-state index is -0.171. The van der Waals surface area contributed by atoms with E-state index in [0.29, 0.717) is 12.1 Å². The number of amides is 1. The maximum absolute atomic E-state index is 14.2. The molecule has 1 aromatic carbocycles. The number of anilines is 1. The third kappa shape index (κ3) is 4.91. The van der Waals surface area contributed by atoms with Gasteiger partial charge in [-0.05, 0) is 41.9 Å². The first-order valence-electron chi connectivity index (χ1n) is 10.2. The van der Waals surface area contributed by atoms with E-state index < -0.39 is 0 Å². The summed E-state index contributed by atoms with van der Waals surface area (Å²) in [4.78, 5) is 19.4. The molecule has 1 N–H and O–H groups in total. The third-order valence-corrected chi connectivity index (χ3v) is 7.33. The van der Waals surface area contributed by atoms with Crippen LogP contribution in [0.3, 0.4) is 0 Å². The van der Waals surface area contributed by atoms with Gasteiger partial charge in [0.05, 0.1) is 18.2 Å². The van der Waals surface area contributed by atoms with E-state index in [1.165, 1.54) is 10.9 Å². The normalized spacial score (nSPS) is 16.9. The molecule has 0 spiro atoms. The molecule has 30 heavy (non-hydrogen) atoms. The molecule has 158 valence electrons. The van der Waals surface area contributed by atoms with Gasteiger partial charge in [-0.15, -0.1) is 22.7 Å². The molecule has 2 atom stereocenters. The van der Waals surface area contributed by atoms with E-state index in [1.54, 1.807) is 28.7 Å². The Morgan fingerprint density at radius 2 is 1.77 bits per heavy atom. The fraction of sp³-hybridized carbons (Fsp3) is 0.348. The van der Waals surface area contributed by atoms with Crippen molar-refractivity contribution in [2.24, 2.45) is 0 Å². The fourth-order valence-electron chi connectivity index (χ4n) is 4.11. The number of nitrogens with one attached hydrogen (secondary N) is 1. The number of nitrogens with zero attached hydrogens (tertiary/aromatic N) is 2. The van der Waals surface area contributed by atoms with E-state index in [4.69, 9.17) is 0 Å². The maximum atomic E-state index is 14.2. The molecule has 0 saturated carbocycles. The molecule has 0 unspecified atom stereocenters. The average Bonchev–Trinajstić information content (AvgIpc) is 3.44. The zero-order valence-electron chi connectivity index (χ0n) is 17.0. The molecule has 1 fully saturated rings. The van der Waals surface area contributed by atoms with Crippen LogP contribution in [0.4, 0.5) is 10.1 Å². The van der Waals surface area contributed by atoms with Gasteiger partial charge in [-0.25, -0.2) is 4.39 Å². The lowest BCUT2D eigenvalue weighted by molar-refractivity contribution is -0.121. The van der Waals surface area contributed by atoms with Crippen LogP contribution in [0.5, 0.6) is 0 Å². The Kier molecular flexibility index (Phi) is 6.82. The molecule has 0 bridgehead atoms. The number of hydrogen-bond donors (Lipinski definition) is 1. The summed E-state index contributed by atoms with van der Waals surface area (Å²) < 4.78 is 14.2. The van der Waals surface area contributed by atoms with Crippen LogP contribution >= 0.6 is 22.7 Å².